The minimum atomic E-state index is -0.514. The molecular weight excluding hydrogens is 1330 g/mol. The van der Waals surface area contributed by atoms with Crippen LogP contribution in [0.25, 0.3) is 22.3 Å². The van der Waals surface area contributed by atoms with Gasteiger partial charge >= 0.3 is 19.3 Å². The van der Waals surface area contributed by atoms with Crippen LogP contribution in [-0.4, -0.2) is 170 Å². The molecule has 10 rings (SSSR count). The Morgan fingerprint density at radius 3 is 1.07 bits per heavy atom. The third-order valence-electron chi connectivity index (χ3n) is 17.6. The number of hydrogen-bond acceptors (Lipinski definition) is 19. The molecule has 0 unspecified atom stereocenters. The molecule has 99 heavy (non-hydrogen) atoms. The van der Waals surface area contributed by atoms with Gasteiger partial charge in [-0.3, -0.25) is 29.1 Å². The second kappa shape index (κ2) is 32.6. The fourth-order valence-corrected chi connectivity index (χ4v) is 12.2. The molecule has 0 aliphatic carbocycles. The lowest BCUT2D eigenvalue weighted by Crippen LogP contribution is -2.59. The van der Waals surface area contributed by atoms with E-state index < -0.39 is 24.4 Å². The first-order valence-corrected chi connectivity index (χ1v) is 33.8. The van der Waals surface area contributed by atoms with Gasteiger partial charge in [0.15, 0.2) is 0 Å². The lowest BCUT2D eigenvalue weighted by molar-refractivity contribution is 0.00578. The number of amides is 2. The number of nitrogens with one attached hydrogen (secondary N) is 2. The van der Waals surface area contributed by atoms with E-state index in [2.05, 4.69) is 41.3 Å². The number of halogens is 1. The summed E-state index contributed by atoms with van der Waals surface area (Å²) in [5.74, 6) is 4.56. The maximum Gasteiger partial charge on any atom is 0.496 e. The minimum Gasteiger partial charge on any atom is -0.496 e. The first kappa shape index (κ1) is 78.5. The normalized spacial score (nSPS) is 16.2. The maximum absolute atomic E-state index is 12.0. The molecule has 3 aromatic carbocycles. The second-order valence-corrected chi connectivity index (χ2v) is 29.6. The molecule has 4 saturated heterocycles. The highest BCUT2D eigenvalue weighted by Gasteiger charge is 2.52. The first-order chi connectivity index (χ1) is 46.3. The van der Waals surface area contributed by atoms with Gasteiger partial charge in [-0.25, -0.2) is 9.59 Å². The molecule has 3 aromatic heterocycles. The van der Waals surface area contributed by atoms with E-state index >= 15 is 0 Å². The van der Waals surface area contributed by atoms with Crippen LogP contribution in [0.2, 0.25) is 0 Å². The van der Waals surface area contributed by atoms with E-state index in [9.17, 15) is 24.0 Å². The van der Waals surface area contributed by atoms with Crippen molar-refractivity contribution < 1.29 is 56.8 Å². The molecule has 0 atom stereocenters. The van der Waals surface area contributed by atoms with Crippen molar-refractivity contribution in [2.24, 2.45) is 26.9 Å². The Balaban J connectivity index is 0.000000189. The van der Waals surface area contributed by atoms with E-state index in [0.29, 0.717) is 42.9 Å². The number of methoxy groups -OCH3 is 6. The summed E-state index contributed by atoms with van der Waals surface area (Å²) in [5.41, 5.74) is 13.8. The molecule has 4 fully saturated rings. The molecule has 0 spiro atoms. The Labute approximate surface area is 591 Å². The van der Waals surface area contributed by atoms with Gasteiger partial charge in [-0.05, 0) is 166 Å². The quantitative estimate of drug-likeness (QED) is 0.0721. The molecular formula is C73H103BBrN9O15. The van der Waals surface area contributed by atoms with Crippen molar-refractivity contribution in [3.63, 3.8) is 0 Å². The van der Waals surface area contributed by atoms with Crippen molar-refractivity contribution in [3.8, 4) is 56.8 Å². The molecule has 4 N–H and O–H groups in total. The number of carbonyl (C=O) groups excluding carboxylic acids is 2. The number of rotatable bonds is 17. The molecule has 4 aliphatic heterocycles. The Hall–Kier alpha value is -7.85. The molecule has 7 heterocycles. The molecule has 26 heteroatoms. The fourth-order valence-electron chi connectivity index (χ4n) is 11.7. The number of likely N-dealkylation sites (tertiary alicyclic amines) is 3. The zero-order chi connectivity index (χ0) is 73.4. The van der Waals surface area contributed by atoms with Gasteiger partial charge in [-0.15, -0.1) is 0 Å². The highest BCUT2D eigenvalue weighted by Crippen LogP contribution is 2.40. The van der Waals surface area contributed by atoms with Crippen molar-refractivity contribution in [3.05, 3.63) is 142 Å². The summed E-state index contributed by atoms with van der Waals surface area (Å²) in [7, 11) is 14.7. The van der Waals surface area contributed by atoms with E-state index in [1.54, 1.807) is 97.5 Å². The Morgan fingerprint density at radius 2 is 0.788 bits per heavy atom. The van der Waals surface area contributed by atoms with Crippen LogP contribution in [0.4, 0.5) is 9.59 Å². The largest absolute Gasteiger partial charge is 0.496 e. The Morgan fingerprint density at radius 1 is 0.495 bits per heavy atom. The standard InChI is InChI=1S/C24H33N3O5.C19H25N3O3.C17H25BrN2O4.C13H20BNO3/c1-15-8-17(11-26(5)22(15)28)16-9-20(30-6)19(21(10-16)31-7)14-27-12-18(13-27)25-23(29)32-24(2,3)4;1-12-5-14(8-21(2)19(12)23)13-6-17(24-3)16(18(7-13)25-4)11-22-9-15(20)10-22;1-17(2,3)24-16(21)19-12-8-20(9-12)10-13-14(22-4)6-11(18)7-15(13)23-5;1-9-7-10(8-15(6)11(9)16)14-17-12(2,3)13(4,5)18-14/h8-11,18H,12-14H2,1-7H3,(H,25,29);5-8,15H,9-11,20H2,1-4H3;6-7,12H,8-10H2,1-5H3,(H,19,21);7-8H,1-6H3. The molecule has 0 saturated carbocycles. The summed E-state index contributed by atoms with van der Waals surface area (Å²) >= 11 is 3.45. The van der Waals surface area contributed by atoms with Gasteiger partial charge in [0.05, 0.1) is 82.6 Å². The van der Waals surface area contributed by atoms with Crippen molar-refractivity contribution in [1.82, 2.24) is 39.0 Å². The summed E-state index contributed by atoms with van der Waals surface area (Å²) in [6.45, 7) is 31.4. The van der Waals surface area contributed by atoms with E-state index in [1.807, 2.05) is 143 Å². The number of nitrogens with two attached hydrogens (primary N) is 1. The van der Waals surface area contributed by atoms with Crippen LogP contribution in [0.15, 0.2) is 92.0 Å². The monoisotopic (exact) mass is 1440 g/mol. The summed E-state index contributed by atoms with van der Waals surface area (Å²) < 4.78 is 61.7. The zero-order valence-electron chi connectivity index (χ0n) is 61.9. The summed E-state index contributed by atoms with van der Waals surface area (Å²) in [6, 6.07) is 17.8. The van der Waals surface area contributed by atoms with Gasteiger partial charge in [0, 0.05) is 126 Å². The van der Waals surface area contributed by atoms with Gasteiger partial charge in [-0.1, -0.05) is 22.0 Å². The third kappa shape index (κ3) is 20.4. The SMILES string of the molecule is COc1cc(-c2cc(C)c(=O)n(C)c2)cc(OC)c1CN1CC(N)C1.COc1cc(-c2cc(C)c(=O)n(C)c2)cc(OC)c1CN1CC(NC(=O)OC(C)(C)C)C1.COc1cc(Br)cc(OC)c1CN1CC(NC(=O)OC(C)(C)C)C1.Cc1cc(B2OC(C)(C)C(C)(C)O2)cn(C)c1=O. The first-order valence-electron chi connectivity index (χ1n) is 33.0. The summed E-state index contributed by atoms with van der Waals surface area (Å²) in [5, 5.41) is 5.78. The van der Waals surface area contributed by atoms with E-state index in [1.165, 1.54) is 0 Å². The van der Waals surface area contributed by atoms with Crippen molar-refractivity contribution in [1.29, 1.82) is 0 Å². The van der Waals surface area contributed by atoms with E-state index in [0.717, 1.165) is 116 Å². The number of aromatic nitrogens is 3. The van der Waals surface area contributed by atoms with E-state index in [-0.39, 0.29) is 52.1 Å². The lowest BCUT2D eigenvalue weighted by Gasteiger charge is -2.40. The highest BCUT2D eigenvalue weighted by atomic mass is 79.9. The molecule has 24 nitrogen and oxygen atoms in total. The smallest absolute Gasteiger partial charge is 0.496 e. The van der Waals surface area contributed by atoms with Crippen LogP contribution in [0, 0.1) is 20.8 Å². The summed E-state index contributed by atoms with van der Waals surface area (Å²) in [4.78, 5) is 66.1. The van der Waals surface area contributed by atoms with E-state index in [4.69, 9.17) is 52.9 Å². The van der Waals surface area contributed by atoms with Gasteiger partial charge in [0.1, 0.15) is 45.7 Å². The number of carbonyl (C=O) groups is 2. The predicted molar refractivity (Wildman–Crippen MR) is 389 cm³/mol. The number of nitrogens with zero attached hydrogens (tertiary/aromatic N) is 6. The van der Waals surface area contributed by atoms with Crippen molar-refractivity contribution in [2.75, 3.05) is 81.9 Å². The number of hydrogen-bond donors (Lipinski definition) is 3. The van der Waals surface area contributed by atoms with Crippen molar-refractivity contribution in [2.45, 2.75) is 150 Å². The lowest BCUT2D eigenvalue weighted by atomic mass is 9.80. The van der Waals surface area contributed by atoms with Crippen LogP contribution in [0.3, 0.4) is 0 Å². The van der Waals surface area contributed by atoms with Crippen LogP contribution in [0.1, 0.15) is 103 Å². The number of aryl methyl sites for hydroxylation is 6. The van der Waals surface area contributed by atoms with Crippen molar-refractivity contribution >= 4 is 40.7 Å². The van der Waals surface area contributed by atoms with Gasteiger partial charge < -0.3 is 77.3 Å². The number of ether oxygens (including phenoxy) is 8. The topological polar surface area (TPSA) is 252 Å². The highest BCUT2D eigenvalue weighted by molar-refractivity contribution is 9.10. The molecule has 4 aliphatic rings. The third-order valence-corrected chi connectivity index (χ3v) is 18.0. The molecule has 0 radical (unpaired) electrons. The van der Waals surface area contributed by atoms with Crippen LogP contribution in [-0.2, 0) is 59.6 Å². The summed E-state index contributed by atoms with van der Waals surface area (Å²) in [6.07, 6.45) is 4.65. The number of pyridine rings is 3. The Bertz CT molecular complexity index is 3860. The van der Waals surface area contributed by atoms with Crippen LogP contribution < -0.4 is 66.9 Å². The fraction of sp³-hybridized carbons (Fsp3) is 0.521. The zero-order valence-corrected chi connectivity index (χ0v) is 63.4. The molecule has 0 bridgehead atoms. The average Bonchev–Trinajstić information content (AvgIpc) is 1.70. The second-order valence-electron chi connectivity index (χ2n) is 28.7. The predicted octanol–water partition coefficient (Wildman–Crippen LogP) is 8.78. The van der Waals surface area contributed by atoms with Crippen LogP contribution in [0.5, 0.6) is 34.5 Å². The maximum atomic E-state index is 12.0. The minimum absolute atomic E-state index is 0.00780. The molecule has 6 aromatic rings. The number of benzene rings is 3. The average molecular weight is 1440 g/mol. The van der Waals surface area contributed by atoms with Gasteiger partial charge in [0.25, 0.3) is 16.7 Å². The van der Waals surface area contributed by atoms with Gasteiger partial charge in [-0.2, -0.15) is 0 Å². The van der Waals surface area contributed by atoms with Gasteiger partial charge in [0.2, 0.25) is 0 Å². The van der Waals surface area contributed by atoms with Crippen LogP contribution >= 0.6 is 15.9 Å². The molecule has 2 amide bonds. The number of alkyl carbamates (subject to hydrolysis) is 2. The Kier molecular flexibility index (Phi) is 25.9. The molecule has 540 valence electrons.